The van der Waals surface area contributed by atoms with Crippen molar-refractivity contribution in [3.8, 4) is 0 Å². The van der Waals surface area contributed by atoms with E-state index >= 15 is 0 Å². The molecule has 2 aromatic heterocycles. The largest absolute Gasteiger partial charge is 0.375 e. The minimum absolute atomic E-state index is 0.221. The summed E-state index contributed by atoms with van der Waals surface area (Å²) in [6.07, 6.45) is 5.27. The maximum absolute atomic E-state index is 11.9. The van der Waals surface area contributed by atoms with Crippen molar-refractivity contribution in [2.24, 2.45) is 0 Å². The van der Waals surface area contributed by atoms with E-state index in [1.54, 1.807) is 30.7 Å². The van der Waals surface area contributed by atoms with Gasteiger partial charge in [0.1, 0.15) is 5.82 Å². The first-order valence-corrected chi connectivity index (χ1v) is 7.97. The monoisotopic (exact) mass is 327 g/mol. The number of nitrogens with one attached hydrogen (secondary N) is 2. The summed E-state index contributed by atoms with van der Waals surface area (Å²) in [4.78, 5) is 22.5. The van der Waals surface area contributed by atoms with E-state index in [1.807, 2.05) is 12.1 Å². The van der Waals surface area contributed by atoms with E-state index < -0.39 is 0 Å². The van der Waals surface area contributed by atoms with Crippen LogP contribution in [0.15, 0.2) is 42.9 Å². The minimum atomic E-state index is -0.257. The highest BCUT2D eigenvalue weighted by Crippen LogP contribution is 2.15. The molecule has 7 heteroatoms. The molecule has 0 aliphatic carbocycles. The molecule has 3 heterocycles. The zero-order chi connectivity index (χ0) is 16.8. The Balaban J connectivity index is 1.50. The number of ether oxygens (including phenoxy) is 1. The van der Waals surface area contributed by atoms with Gasteiger partial charge in [0.25, 0.3) is 0 Å². The van der Waals surface area contributed by atoms with Gasteiger partial charge in [0.05, 0.1) is 12.7 Å². The van der Waals surface area contributed by atoms with Crippen molar-refractivity contribution < 1.29 is 9.53 Å². The zero-order valence-electron chi connectivity index (χ0n) is 13.6. The third-order valence-electron chi connectivity index (χ3n) is 3.77. The molecule has 0 spiro atoms. The molecular weight excluding hydrogens is 306 g/mol. The van der Waals surface area contributed by atoms with Crippen molar-refractivity contribution in [3.05, 3.63) is 48.4 Å². The first-order valence-electron chi connectivity index (χ1n) is 7.97. The normalized spacial score (nSPS) is 17.4. The Morgan fingerprint density at radius 3 is 2.88 bits per heavy atom. The number of aromatic nitrogens is 2. The molecule has 0 bridgehead atoms. The van der Waals surface area contributed by atoms with E-state index in [-0.39, 0.29) is 12.1 Å². The lowest BCUT2D eigenvalue weighted by Crippen LogP contribution is -2.41. The van der Waals surface area contributed by atoms with Crippen LogP contribution < -0.4 is 15.5 Å². The van der Waals surface area contributed by atoms with Gasteiger partial charge in [-0.1, -0.05) is 6.07 Å². The lowest BCUT2D eigenvalue weighted by molar-refractivity contribution is 0.0529. The van der Waals surface area contributed by atoms with Gasteiger partial charge >= 0.3 is 6.03 Å². The summed E-state index contributed by atoms with van der Waals surface area (Å²) in [5, 5.41) is 5.56. The molecule has 1 unspecified atom stereocenters. The predicted octanol–water partition coefficient (Wildman–Crippen LogP) is 2.02. The number of hydrogen-bond acceptors (Lipinski definition) is 5. The standard InChI is InChI=1S/C17H21N5O2/c1-13-12-22(8-9-24-13)16-3-2-14(10-19-16)11-20-17(23)21-15-4-6-18-7-5-15/h2-7,10,13H,8-9,11-12H2,1H3,(H2,18,20,21,23). The summed E-state index contributed by atoms with van der Waals surface area (Å²) >= 11 is 0. The number of anilines is 2. The van der Waals surface area contributed by atoms with Crippen molar-refractivity contribution in [1.82, 2.24) is 15.3 Å². The summed E-state index contributed by atoms with van der Waals surface area (Å²) in [6, 6.07) is 7.18. The molecule has 2 aromatic rings. The van der Waals surface area contributed by atoms with Crippen LogP contribution in [0.3, 0.4) is 0 Å². The molecule has 1 aliphatic heterocycles. The zero-order valence-corrected chi connectivity index (χ0v) is 13.6. The Morgan fingerprint density at radius 1 is 1.33 bits per heavy atom. The average Bonchev–Trinajstić information content (AvgIpc) is 2.61. The number of nitrogens with zero attached hydrogens (tertiary/aromatic N) is 3. The van der Waals surface area contributed by atoms with Gasteiger partial charge in [-0.2, -0.15) is 0 Å². The van der Waals surface area contributed by atoms with Crippen LogP contribution in [-0.2, 0) is 11.3 Å². The van der Waals surface area contributed by atoms with E-state index in [0.29, 0.717) is 12.2 Å². The Hall–Kier alpha value is -2.67. The molecule has 2 N–H and O–H groups in total. The molecule has 0 radical (unpaired) electrons. The van der Waals surface area contributed by atoms with Crippen LogP contribution in [-0.4, -0.2) is 41.8 Å². The van der Waals surface area contributed by atoms with Gasteiger partial charge < -0.3 is 20.3 Å². The fraction of sp³-hybridized carbons (Fsp3) is 0.353. The Morgan fingerprint density at radius 2 is 2.17 bits per heavy atom. The van der Waals surface area contributed by atoms with Crippen molar-refractivity contribution in [1.29, 1.82) is 0 Å². The molecule has 24 heavy (non-hydrogen) atoms. The van der Waals surface area contributed by atoms with Crippen LogP contribution in [0, 0.1) is 0 Å². The Kier molecular flexibility index (Phi) is 5.22. The number of carbonyl (C=O) groups excluding carboxylic acids is 1. The fourth-order valence-corrected chi connectivity index (χ4v) is 2.53. The van der Waals surface area contributed by atoms with E-state index in [4.69, 9.17) is 4.74 Å². The molecule has 0 saturated carbocycles. The second-order valence-electron chi connectivity index (χ2n) is 5.70. The molecule has 1 aliphatic rings. The molecule has 1 fully saturated rings. The maximum atomic E-state index is 11.9. The summed E-state index contributed by atoms with van der Waals surface area (Å²) in [6.45, 7) is 4.90. The summed E-state index contributed by atoms with van der Waals surface area (Å²) in [5.74, 6) is 0.940. The Bertz CT molecular complexity index is 662. The number of urea groups is 1. The third-order valence-corrected chi connectivity index (χ3v) is 3.77. The minimum Gasteiger partial charge on any atom is -0.375 e. The molecule has 1 atom stereocenters. The van der Waals surface area contributed by atoms with E-state index in [9.17, 15) is 4.79 Å². The summed E-state index contributed by atoms with van der Waals surface area (Å²) in [5.41, 5.74) is 1.65. The lowest BCUT2D eigenvalue weighted by Gasteiger charge is -2.32. The molecule has 7 nitrogen and oxygen atoms in total. The van der Waals surface area contributed by atoms with Crippen LogP contribution in [0.1, 0.15) is 12.5 Å². The van der Waals surface area contributed by atoms with Gasteiger partial charge in [0, 0.05) is 43.9 Å². The van der Waals surface area contributed by atoms with Gasteiger partial charge in [-0.25, -0.2) is 9.78 Å². The number of rotatable bonds is 4. The number of carbonyl (C=O) groups is 1. The predicted molar refractivity (Wildman–Crippen MR) is 92.0 cm³/mol. The van der Waals surface area contributed by atoms with Crippen LogP contribution in [0.2, 0.25) is 0 Å². The quantitative estimate of drug-likeness (QED) is 0.898. The SMILES string of the molecule is CC1CN(c2ccc(CNC(=O)Nc3ccncc3)cn2)CCO1. The van der Waals surface area contributed by atoms with Crippen molar-refractivity contribution >= 4 is 17.5 Å². The third kappa shape index (κ3) is 4.42. The second kappa shape index (κ2) is 7.74. The molecule has 2 amide bonds. The van der Waals surface area contributed by atoms with Gasteiger partial charge in [0.15, 0.2) is 0 Å². The van der Waals surface area contributed by atoms with Gasteiger partial charge in [-0.05, 0) is 30.7 Å². The average molecular weight is 327 g/mol. The summed E-state index contributed by atoms with van der Waals surface area (Å²) in [7, 11) is 0. The number of amides is 2. The molecule has 126 valence electrons. The van der Waals surface area contributed by atoms with Crippen LogP contribution >= 0.6 is 0 Å². The molecule has 0 aromatic carbocycles. The highest BCUT2D eigenvalue weighted by atomic mass is 16.5. The van der Waals surface area contributed by atoms with Crippen molar-refractivity contribution in [2.45, 2.75) is 19.6 Å². The van der Waals surface area contributed by atoms with Crippen LogP contribution in [0.4, 0.5) is 16.3 Å². The van der Waals surface area contributed by atoms with Gasteiger partial charge in [-0.15, -0.1) is 0 Å². The lowest BCUT2D eigenvalue weighted by atomic mass is 10.2. The van der Waals surface area contributed by atoms with E-state index in [0.717, 1.165) is 31.1 Å². The molecular formula is C17H21N5O2. The van der Waals surface area contributed by atoms with Crippen LogP contribution in [0.25, 0.3) is 0 Å². The second-order valence-corrected chi connectivity index (χ2v) is 5.70. The smallest absolute Gasteiger partial charge is 0.319 e. The highest BCUT2D eigenvalue weighted by Gasteiger charge is 2.17. The number of morpholine rings is 1. The van der Waals surface area contributed by atoms with E-state index in [2.05, 4.69) is 32.4 Å². The molecule has 3 rings (SSSR count). The Labute approximate surface area is 141 Å². The number of pyridine rings is 2. The topological polar surface area (TPSA) is 79.4 Å². The fourth-order valence-electron chi connectivity index (χ4n) is 2.53. The molecule has 1 saturated heterocycles. The maximum Gasteiger partial charge on any atom is 0.319 e. The van der Waals surface area contributed by atoms with Crippen molar-refractivity contribution in [3.63, 3.8) is 0 Å². The van der Waals surface area contributed by atoms with Gasteiger partial charge in [0.2, 0.25) is 0 Å². The highest BCUT2D eigenvalue weighted by molar-refractivity contribution is 5.88. The first kappa shape index (κ1) is 16.2. The first-order chi connectivity index (χ1) is 11.7. The number of hydrogen-bond donors (Lipinski definition) is 2. The summed E-state index contributed by atoms with van der Waals surface area (Å²) < 4.78 is 5.54. The van der Waals surface area contributed by atoms with Gasteiger partial charge in [-0.3, -0.25) is 4.98 Å². The van der Waals surface area contributed by atoms with Crippen LogP contribution in [0.5, 0.6) is 0 Å². The van der Waals surface area contributed by atoms with E-state index in [1.165, 1.54) is 0 Å². The van der Waals surface area contributed by atoms with Crippen molar-refractivity contribution in [2.75, 3.05) is 29.9 Å².